The van der Waals surface area contributed by atoms with Crippen LogP contribution in [-0.4, -0.2) is 42.0 Å². The molecule has 152 valence electrons. The number of methoxy groups -OCH3 is 1. The zero-order valence-corrected chi connectivity index (χ0v) is 16.9. The van der Waals surface area contributed by atoms with Crippen molar-refractivity contribution < 1.29 is 19.1 Å². The van der Waals surface area contributed by atoms with Crippen LogP contribution in [0.3, 0.4) is 0 Å². The first-order valence-corrected chi connectivity index (χ1v) is 10.1. The van der Waals surface area contributed by atoms with Crippen molar-refractivity contribution >= 4 is 46.5 Å². The minimum absolute atomic E-state index is 0.00406. The van der Waals surface area contributed by atoms with E-state index in [-0.39, 0.29) is 23.4 Å². The van der Waals surface area contributed by atoms with Crippen LogP contribution in [-0.2, 0) is 20.9 Å². The highest BCUT2D eigenvalue weighted by Crippen LogP contribution is 2.33. The summed E-state index contributed by atoms with van der Waals surface area (Å²) in [6, 6.07) is 16.7. The predicted molar refractivity (Wildman–Crippen MR) is 116 cm³/mol. The van der Waals surface area contributed by atoms with Crippen molar-refractivity contribution in [2.45, 2.75) is 6.61 Å². The van der Waals surface area contributed by atoms with E-state index in [9.17, 15) is 9.59 Å². The highest BCUT2D eigenvalue weighted by molar-refractivity contribution is 8.14. The van der Waals surface area contributed by atoms with Crippen molar-refractivity contribution in [2.24, 2.45) is 21.0 Å². The molecule has 0 saturated heterocycles. The normalized spacial score (nSPS) is 17.3. The van der Waals surface area contributed by atoms with Gasteiger partial charge in [-0.3, -0.25) is 9.59 Å². The lowest BCUT2D eigenvalue weighted by Crippen LogP contribution is -2.34. The van der Waals surface area contributed by atoms with Gasteiger partial charge in [-0.15, -0.1) is 0 Å². The molecule has 0 N–H and O–H groups in total. The van der Waals surface area contributed by atoms with Gasteiger partial charge in [-0.05, 0) is 17.7 Å². The average molecular weight is 422 g/mol. The fourth-order valence-electron chi connectivity index (χ4n) is 2.93. The number of carbonyl (C=O) groups excluding carboxylic acids is 2. The lowest BCUT2D eigenvalue weighted by molar-refractivity contribution is -0.141. The zero-order chi connectivity index (χ0) is 20.9. The third kappa shape index (κ3) is 4.25. The van der Waals surface area contributed by atoms with Gasteiger partial charge in [-0.25, -0.2) is 10.0 Å². The maximum absolute atomic E-state index is 12.4. The standard InChI is InChI=1S/C21H18N4O4S/c1-28-17-10-6-5-9-16(17)25-19-15(11-22-25)20(27)24-21(23-19)30-13-18(26)29-12-14-7-3-2-4-8-14/h2-11,15H,12-13H2,1H3. The highest BCUT2D eigenvalue weighted by atomic mass is 32.2. The lowest BCUT2D eigenvalue weighted by atomic mass is 10.1. The number of nitrogens with zero attached hydrogens (tertiary/aromatic N) is 4. The van der Waals surface area contributed by atoms with Gasteiger partial charge in [0.2, 0.25) is 0 Å². The molecular formula is C21H18N4O4S. The molecule has 2 aliphatic rings. The van der Waals surface area contributed by atoms with Gasteiger partial charge in [0.05, 0.1) is 12.9 Å². The summed E-state index contributed by atoms with van der Waals surface area (Å²) in [5, 5.41) is 6.07. The maximum Gasteiger partial charge on any atom is 0.316 e. The molecule has 2 aliphatic heterocycles. The second-order valence-electron chi connectivity index (χ2n) is 6.36. The number of hydrogen-bond acceptors (Lipinski definition) is 8. The minimum atomic E-state index is -0.649. The summed E-state index contributed by atoms with van der Waals surface area (Å²) in [5.41, 5.74) is 1.57. The summed E-state index contributed by atoms with van der Waals surface area (Å²) >= 11 is 1.05. The van der Waals surface area contributed by atoms with Crippen molar-refractivity contribution in [1.29, 1.82) is 0 Å². The Morgan fingerprint density at radius 3 is 2.67 bits per heavy atom. The number of rotatable bonds is 6. The van der Waals surface area contributed by atoms with Crippen molar-refractivity contribution in [3.05, 3.63) is 60.2 Å². The molecule has 1 amide bonds. The summed E-state index contributed by atoms with van der Waals surface area (Å²) in [6.45, 7) is 0.192. The number of amidine groups is 2. The van der Waals surface area contributed by atoms with E-state index in [2.05, 4.69) is 15.1 Å². The zero-order valence-electron chi connectivity index (χ0n) is 16.1. The fourth-order valence-corrected chi connectivity index (χ4v) is 3.57. The van der Waals surface area contributed by atoms with Crippen molar-refractivity contribution in [3.63, 3.8) is 0 Å². The van der Waals surface area contributed by atoms with Crippen LogP contribution in [0.2, 0.25) is 0 Å². The third-order valence-corrected chi connectivity index (χ3v) is 5.20. The molecule has 0 spiro atoms. The SMILES string of the molecule is COc1ccccc1N1N=CC2C(=O)N=C(SCC(=O)OCc3ccccc3)N=C21. The molecule has 30 heavy (non-hydrogen) atoms. The molecule has 0 fully saturated rings. The van der Waals surface area contributed by atoms with Crippen LogP contribution in [0.1, 0.15) is 5.56 Å². The number of para-hydroxylation sites is 2. The van der Waals surface area contributed by atoms with E-state index in [1.54, 1.807) is 18.2 Å². The van der Waals surface area contributed by atoms with Gasteiger partial charge in [0.25, 0.3) is 5.91 Å². The van der Waals surface area contributed by atoms with Crippen molar-refractivity contribution in [3.8, 4) is 5.75 Å². The number of anilines is 1. The molecule has 0 radical (unpaired) electrons. The summed E-state index contributed by atoms with van der Waals surface area (Å²) in [4.78, 5) is 32.9. The van der Waals surface area contributed by atoms with E-state index in [1.165, 1.54) is 6.21 Å². The summed E-state index contributed by atoms with van der Waals surface area (Å²) in [5.74, 6) is -0.405. The summed E-state index contributed by atoms with van der Waals surface area (Å²) in [6.07, 6.45) is 1.51. The van der Waals surface area contributed by atoms with Gasteiger partial charge < -0.3 is 9.47 Å². The second-order valence-corrected chi connectivity index (χ2v) is 7.31. The van der Waals surface area contributed by atoms with Gasteiger partial charge in [-0.1, -0.05) is 54.2 Å². The van der Waals surface area contributed by atoms with E-state index in [1.807, 2.05) is 48.5 Å². The van der Waals surface area contributed by atoms with E-state index >= 15 is 0 Å². The first kappa shape index (κ1) is 19.8. The highest BCUT2D eigenvalue weighted by Gasteiger charge is 2.37. The molecular weight excluding hydrogens is 404 g/mol. The van der Waals surface area contributed by atoms with Crippen LogP contribution in [0.4, 0.5) is 5.69 Å². The molecule has 1 atom stereocenters. The number of fused-ring (bicyclic) bond motifs is 1. The van der Waals surface area contributed by atoms with Crippen molar-refractivity contribution in [1.82, 2.24) is 0 Å². The lowest BCUT2D eigenvalue weighted by Gasteiger charge is -2.21. The van der Waals surface area contributed by atoms with Crippen molar-refractivity contribution in [2.75, 3.05) is 17.9 Å². The molecule has 0 bridgehead atoms. The molecule has 8 nitrogen and oxygen atoms in total. The Morgan fingerprint density at radius 1 is 1.10 bits per heavy atom. The number of esters is 1. The number of amides is 1. The first-order valence-electron chi connectivity index (χ1n) is 9.16. The molecule has 9 heteroatoms. The first-order chi connectivity index (χ1) is 14.7. The van der Waals surface area contributed by atoms with Gasteiger partial charge in [0, 0.05) is 6.21 Å². The van der Waals surface area contributed by atoms with Gasteiger partial charge in [-0.2, -0.15) is 10.1 Å². The Hall–Kier alpha value is -3.46. The van der Waals surface area contributed by atoms with Crippen LogP contribution in [0, 0.1) is 5.92 Å². The van der Waals surface area contributed by atoms with E-state index in [4.69, 9.17) is 9.47 Å². The Kier molecular flexibility index (Phi) is 5.89. The largest absolute Gasteiger partial charge is 0.494 e. The smallest absolute Gasteiger partial charge is 0.316 e. The number of ether oxygens (including phenoxy) is 2. The van der Waals surface area contributed by atoms with Crippen LogP contribution in [0.25, 0.3) is 0 Å². The molecule has 2 aromatic rings. The topological polar surface area (TPSA) is 92.9 Å². The molecule has 0 aliphatic carbocycles. The van der Waals surface area contributed by atoms with Gasteiger partial charge in [0.15, 0.2) is 11.0 Å². The van der Waals surface area contributed by atoms with E-state index < -0.39 is 11.9 Å². The number of hydrazone groups is 1. The Bertz CT molecular complexity index is 1050. The number of benzene rings is 2. The van der Waals surface area contributed by atoms with E-state index in [0.717, 1.165) is 17.3 Å². The summed E-state index contributed by atoms with van der Waals surface area (Å²) < 4.78 is 10.6. The maximum atomic E-state index is 12.4. The van der Waals surface area contributed by atoms with Crippen LogP contribution < -0.4 is 9.75 Å². The van der Waals surface area contributed by atoms with Crippen LogP contribution >= 0.6 is 11.8 Å². The molecule has 1 unspecified atom stereocenters. The summed E-state index contributed by atoms with van der Waals surface area (Å²) in [7, 11) is 1.56. The Balaban J connectivity index is 1.42. The number of carbonyl (C=O) groups is 2. The molecule has 2 aromatic carbocycles. The number of aliphatic imine (C=N–C) groups is 2. The Labute approximate surface area is 177 Å². The van der Waals surface area contributed by atoms with E-state index in [0.29, 0.717) is 17.3 Å². The second kappa shape index (κ2) is 8.91. The Morgan fingerprint density at radius 2 is 1.87 bits per heavy atom. The molecule has 0 aromatic heterocycles. The molecule has 0 saturated carbocycles. The predicted octanol–water partition coefficient (Wildman–Crippen LogP) is 2.89. The van der Waals surface area contributed by atoms with Crippen LogP contribution in [0.5, 0.6) is 5.75 Å². The average Bonchev–Trinajstić information content (AvgIpc) is 3.21. The quantitative estimate of drug-likeness (QED) is 0.665. The molecule has 4 rings (SSSR count). The third-order valence-electron chi connectivity index (χ3n) is 4.38. The number of thioether (sulfide) groups is 1. The molecule has 2 heterocycles. The number of hydrogen-bond donors (Lipinski definition) is 0. The van der Waals surface area contributed by atoms with Crippen LogP contribution in [0.15, 0.2) is 69.7 Å². The van der Waals surface area contributed by atoms with Gasteiger partial charge in [0.1, 0.15) is 24.0 Å². The fraction of sp³-hybridized carbons (Fsp3) is 0.190. The van der Waals surface area contributed by atoms with Gasteiger partial charge >= 0.3 is 5.97 Å². The monoisotopic (exact) mass is 422 g/mol. The minimum Gasteiger partial charge on any atom is -0.494 e.